The highest BCUT2D eigenvalue weighted by Gasteiger charge is 2.26. The van der Waals surface area contributed by atoms with Gasteiger partial charge in [0.2, 0.25) is 0 Å². The topological polar surface area (TPSA) is 54.5 Å². The van der Waals surface area contributed by atoms with Crippen LogP contribution in [0, 0.1) is 12.8 Å². The number of aromatic nitrogens is 1. The van der Waals surface area contributed by atoms with Crippen LogP contribution in [0.2, 0.25) is 0 Å². The number of carbonyl (C=O) groups is 1. The fourth-order valence-electron chi connectivity index (χ4n) is 3.01. The van der Waals surface area contributed by atoms with Crippen LogP contribution in [0.3, 0.4) is 0 Å². The Balaban J connectivity index is 1.49. The fourth-order valence-corrected chi connectivity index (χ4v) is 3.74. The Morgan fingerprint density at radius 2 is 2.04 bits per heavy atom. The van der Waals surface area contributed by atoms with E-state index in [0.717, 1.165) is 49.0 Å². The van der Waals surface area contributed by atoms with Crippen LogP contribution in [-0.4, -0.2) is 35.5 Å². The van der Waals surface area contributed by atoms with E-state index in [0.29, 0.717) is 6.61 Å². The third kappa shape index (κ3) is 5.03. The summed E-state index contributed by atoms with van der Waals surface area (Å²) in [4.78, 5) is 18.8. The van der Waals surface area contributed by atoms with E-state index in [1.54, 1.807) is 11.3 Å². The Labute approximate surface area is 153 Å². The third-order valence-electron chi connectivity index (χ3n) is 4.45. The molecule has 1 fully saturated rings. The maximum absolute atomic E-state index is 11.8. The predicted molar refractivity (Wildman–Crippen MR) is 101 cm³/mol. The third-order valence-corrected chi connectivity index (χ3v) is 5.25. The summed E-state index contributed by atoms with van der Waals surface area (Å²) in [5.74, 6) is 0.0193. The highest BCUT2D eigenvalue weighted by atomic mass is 32.1. The second kappa shape index (κ2) is 8.45. The molecule has 134 valence electrons. The molecule has 2 aromatic rings. The van der Waals surface area contributed by atoms with Gasteiger partial charge in [0.15, 0.2) is 5.13 Å². The molecule has 0 spiro atoms. The number of ether oxygens (including phenoxy) is 1. The number of likely N-dealkylation sites (tertiary alicyclic amines) is 1. The molecule has 0 radical (unpaired) electrons. The highest BCUT2D eigenvalue weighted by Crippen LogP contribution is 2.24. The molecule has 1 aromatic carbocycles. The number of nitrogens with one attached hydrogen (secondary N) is 1. The summed E-state index contributed by atoms with van der Waals surface area (Å²) < 4.78 is 5.13. The summed E-state index contributed by atoms with van der Waals surface area (Å²) in [6.45, 7) is 7.08. The number of piperidine rings is 1. The molecule has 1 aromatic heterocycles. The molecular formula is C19H25N3O2S. The minimum atomic E-state index is -0.0413. The first-order chi connectivity index (χ1) is 12.1. The molecule has 5 nitrogen and oxygen atoms in total. The fraction of sp³-hybridized carbons (Fsp3) is 0.474. The minimum absolute atomic E-state index is 0.0413. The number of thiazole rings is 1. The van der Waals surface area contributed by atoms with Crippen molar-refractivity contribution in [3.8, 4) is 0 Å². The van der Waals surface area contributed by atoms with Crippen molar-refractivity contribution in [2.45, 2.75) is 33.2 Å². The maximum Gasteiger partial charge on any atom is 0.309 e. The summed E-state index contributed by atoms with van der Waals surface area (Å²) in [6.07, 6.45) is 1.74. The van der Waals surface area contributed by atoms with Crippen LogP contribution in [0.25, 0.3) is 0 Å². The molecule has 0 aliphatic carbocycles. The van der Waals surface area contributed by atoms with Crippen molar-refractivity contribution in [3.63, 3.8) is 0 Å². The molecule has 0 amide bonds. The van der Waals surface area contributed by atoms with Gasteiger partial charge in [0, 0.05) is 17.6 Å². The Hall–Kier alpha value is -1.92. The second-order valence-corrected chi connectivity index (χ2v) is 7.30. The van der Waals surface area contributed by atoms with Gasteiger partial charge < -0.3 is 10.1 Å². The monoisotopic (exact) mass is 359 g/mol. The number of benzene rings is 1. The number of aryl methyl sites for hydroxylation is 1. The molecule has 1 N–H and O–H groups in total. The van der Waals surface area contributed by atoms with Crippen molar-refractivity contribution < 1.29 is 9.53 Å². The Kier molecular flexibility index (Phi) is 6.04. The SMILES string of the molecule is CCOC(=O)C1CCN(Cc2csc(Nc3ccc(C)cc3)n2)CC1. The number of hydrogen-bond acceptors (Lipinski definition) is 6. The molecule has 0 bridgehead atoms. The average Bonchev–Trinajstić information content (AvgIpc) is 3.05. The zero-order valence-electron chi connectivity index (χ0n) is 14.8. The van der Waals surface area contributed by atoms with Crippen molar-refractivity contribution in [2.24, 2.45) is 5.92 Å². The first-order valence-electron chi connectivity index (χ1n) is 8.81. The van der Waals surface area contributed by atoms with Crippen LogP contribution in [-0.2, 0) is 16.1 Å². The molecular weight excluding hydrogens is 334 g/mol. The van der Waals surface area contributed by atoms with Gasteiger partial charge in [-0.15, -0.1) is 11.3 Å². The van der Waals surface area contributed by atoms with Gasteiger partial charge in [-0.05, 0) is 51.9 Å². The van der Waals surface area contributed by atoms with Crippen LogP contribution in [0.1, 0.15) is 31.0 Å². The molecule has 3 rings (SSSR count). The van der Waals surface area contributed by atoms with E-state index in [4.69, 9.17) is 4.74 Å². The molecule has 0 saturated carbocycles. The van der Waals surface area contributed by atoms with Gasteiger partial charge >= 0.3 is 5.97 Å². The van der Waals surface area contributed by atoms with Gasteiger partial charge in [-0.3, -0.25) is 9.69 Å². The van der Waals surface area contributed by atoms with E-state index in [2.05, 4.69) is 51.8 Å². The molecule has 1 aliphatic heterocycles. The van der Waals surface area contributed by atoms with E-state index in [1.165, 1.54) is 5.56 Å². The van der Waals surface area contributed by atoms with E-state index < -0.39 is 0 Å². The number of carbonyl (C=O) groups excluding carboxylic acids is 1. The van der Waals surface area contributed by atoms with Crippen LogP contribution < -0.4 is 5.32 Å². The summed E-state index contributed by atoms with van der Waals surface area (Å²) in [5.41, 5.74) is 3.38. The lowest BCUT2D eigenvalue weighted by molar-refractivity contribution is -0.149. The molecule has 0 unspecified atom stereocenters. The first-order valence-corrected chi connectivity index (χ1v) is 9.69. The summed E-state index contributed by atoms with van der Waals surface area (Å²) >= 11 is 1.63. The molecule has 0 atom stereocenters. The standard InChI is InChI=1S/C19H25N3O2S/c1-3-24-18(23)15-8-10-22(11-9-15)12-17-13-25-19(21-17)20-16-6-4-14(2)5-7-16/h4-7,13,15H,3,8-12H2,1-2H3,(H,20,21). The zero-order chi connectivity index (χ0) is 17.6. The van der Waals surface area contributed by atoms with Gasteiger partial charge in [-0.1, -0.05) is 17.7 Å². The Morgan fingerprint density at radius 1 is 1.32 bits per heavy atom. The summed E-state index contributed by atoms with van der Waals surface area (Å²) in [7, 11) is 0. The lowest BCUT2D eigenvalue weighted by Crippen LogP contribution is -2.36. The van der Waals surface area contributed by atoms with E-state index in [1.807, 2.05) is 6.92 Å². The van der Waals surface area contributed by atoms with Crippen LogP contribution in [0.15, 0.2) is 29.6 Å². The predicted octanol–water partition coefficient (Wildman–Crippen LogP) is 3.97. The average molecular weight is 359 g/mol. The number of esters is 1. The number of rotatable bonds is 6. The highest BCUT2D eigenvalue weighted by molar-refractivity contribution is 7.13. The molecule has 1 aliphatic rings. The second-order valence-electron chi connectivity index (χ2n) is 6.44. The van der Waals surface area contributed by atoms with Gasteiger partial charge in [0.25, 0.3) is 0 Å². The van der Waals surface area contributed by atoms with Gasteiger partial charge in [-0.2, -0.15) is 0 Å². The lowest BCUT2D eigenvalue weighted by Gasteiger charge is -2.30. The number of anilines is 2. The van der Waals surface area contributed by atoms with Crippen LogP contribution in [0.5, 0.6) is 0 Å². The maximum atomic E-state index is 11.8. The first kappa shape index (κ1) is 17.9. The summed E-state index contributed by atoms with van der Waals surface area (Å²) in [6, 6.07) is 8.31. The van der Waals surface area contributed by atoms with E-state index in [-0.39, 0.29) is 11.9 Å². The normalized spacial score (nSPS) is 15.9. The van der Waals surface area contributed by atoms with Crippen molar-refractivity contribution in [1.82, 2.24) is 9.88 Å². The van der Waals surface area contributed by atoms with E-state index >= 15 is 0 Å². The zero-order valence-corrected chi connectivity index (χ0v) is 15.6. The van der Waals surface area contributed by atoms with Gasteiger partial charge in [0.1, 0.15) is 0 Å². The number of nitrogens with zero attached hydrogens (tertiary/aromatic N) is 2. The molecule has 2 heterocycles. The van der Waals surface area contributed by atoms with Crippen LogP contribution >= 0.6 is 11.3 Å². The van der Waals surface area contributed by atoms with E-state index in [9.17, 15) is 4.79 Å². The van der Waals surface area contributed by atoms with Crippen molar-refractivity contribution >= 4 is 28.1 Å². The van der Waals surface area contributed by atoms with Gasteiger partial charge in [-0.25, -0.2) is 4.98 Å². The summed E-state index contributed by atoms with van der Waals surface area (Å²) in [5, 5.41) is 6.37. The molecule has 6 heteroatoms. The van der Waals surface area contributed by atoms with Gasteiger partial charge in [0.05, 0.1) is 18.2 Å². The van der Waals surface area contributed by atoms with Crippen molar-refractivity contribution in [3.05, 3.63) is 40.9 Å². The molecule has 1 saturated heterocycles. The number of hydrogen-bond donors (Lipinski definition) is 1. The largest absolute Gasteiger partial charge is 0.466 e. The smallest absolute Gasteiger partial charge is 0.309 e. The molecule has 25 heavy (non-hydrogen) atoms. The minimum Gasteiger partial charge on any atom is -0.466 e. The quantitative estimate of drug-likeness (QED) is 0.791. The van der Waals surface area contributed by atoms with Crippen LogP contribution in [0.4, 0.5) is 10.8 Å². The Morgan fingerprint density at radius 3 is 2.72 bits per heavy atom. The van der Waals surface area contributed by atoms with Crippen molar-refractivity contribution in [2.75, 3.05) is 25.0 Å². The lowest BCUT2D eigenvalue weighted by atomic mass is 9.97. The Bertz CT molecular complexity index is 691. The van der Waals surface area contributed by atoms with Crippen molar-refractivity contribution in [1.29, 1.82) is 0 Å².